The highest BCUT2D eigenvalue weighted by Gasteiger charge is 2.13. The highest BCUT2D eigenvalue weighted by Crippen LogP contribution is 2.22. The van der Waals surface area contributed by atoms with Crippen LogP contribution in [0.5, 0.6) is 5.75 Å². The summed E-state index contributed by atoms with van der Waals surface area (Å²) in [4.78, 5) is 25.6. The Hall–Kier alpha value is -3.28. The average Bonchev–Trinajstić information content (AvgIpc) is 2.98. The molecule has 1 N–H and O–H groups in total. The number of para-hydroxylation sites is 1. The van der Waals surface area contributed by atoms with Crippen molar-refractivity contribution >= 4 is 28.4 Å². The number of anilines is 1. The largest absolute Gasteiger partial charge is 0.484 e. The zero-order valence-corrected chi connectivity index (χ0v) is 15.0. The molecule has 2 amide bonds. The molecule has 0 aliphatic rings. The summed E-state index contributed by atoms with van der Waals surface area (Å²) >= 11 is 0. The second-order valence-electron chi connectivity index (χ2n) is 6.23. The molecule has 3 rings (SSSR count). The smallest absolute Gasteiger partial charge is 0.259 e. The summed E-state index contributed by atoms with van der Waals surface area (Å²) in [5.41, 5.74) is 2.29. The van der Waals surface area contributed by atoms with Crippen LogP contribution >= 0.6 is 0 Å². The molecule has 6 nitrogen and oxygen atoms in total. The van der Waals surface area contributed by atoms with Gasteiger partial charge in [-0.3, -0.25) is 9.59 Å². The Morgan fingerprint density at radius 2 is 1.77 bits per heavy atom. The molecular formula is C20H21N3O3. The minimum atomic E-state index is -0.168. The zero-order chi connectivity index (χ0) is 18.7. The van der Waals surface area contributed by atoms with Crippen LogP contribution in [0.1, 0.15) is 10.4 Å². The molecule has 0 aliphatic carbocycles. The van der Waals surface area contributed by atoms with Crippen molar-refractivity contribution in [3.8, 4) is 5.75 Å². The lowest BCUT2D eigenvalue weighted by Crippen LogP contribution is -2.27. The summed E-state index contributed by atoms with van der Waals surface area (Å²) in [6, 6.07) is 14.7. The molecule has 26 heavy (non-hydrogen) atoms. The van der Waals surface area contributed by atoms with E-state index < -0.39 is 0 Å². The third kappa shape index (κ3) is 3.69. The van der Waals surface area contributed by atoms with E-state index in [4.69, 9.17) is 4.74 Å². The van der Waals surface area contributed by atoms with Gasteiger partial charge in [-0.25, -0.2) is 0 Å². The molecule has 2 aromatic carbocycles. The van der Waals surface area contributed by atoms with Gasteiger partial charge in [-0.1, -0.05) is 18.2 Å². The van der Waals surface area contributed by atoms with Gasteiger partial charge in [0.05, 0.1) is 5.56 Å². The quantitative estimate of drug-likeness (QED) is 0.769. The Kier molecular flexibility index (Phi) is 4.93. The van der Waals surface area contributed by atoms with Crippen molar-refractivity contribution in [3.63, 3.8) is 0 Å². The van der Waals surface area contributed by atoms with Gasteiger partial charge in [0, 0.05) is 43.9 Å². The van der Waals surface area contributed by atoms with E-state index in [2.05, 4.69) is 5.32 Å². The van der Waals surface area contributed by atoms with E-state index in [1.54, 1.807) is 38.4 Å². The predicted molar refractivity (Wildman–Crippen MR) is 102 cm³/mol. The summed E-state index contributed by atoms with van der Waals surface area (Å²) in [6.07, 6.45) is 1.82. The van der Waals surface area contributed by atoms with Gasteiger partial charge in [0.25, 0.3) is 11.8 Å². The van der Waals surface area contributed by atoms with Crippen LogP contribution in [0.15, 0.2) is 54.7 Å². The first kappa shape index (κ1) is 17.5. The molecule has 6 heteroatoms. The standard InChI is InChI=1S/C20H21N3O3/c1-22(2)19(24)13-26-15-10-8-14(9-11-15)21-20(25)17-12-23(3)18-7-5-4-6-16(17)18/h4-12H,13H2,1-3H3,(H,21,25). The maximum atomic E-state index is 12.6. The number of ether oxygens (including phenoxy) is 1. The van der Waals surface area contributed by atoms with Crippen molar-refractivity contribution in [2.75, 3.05) is 26.0 Å². The minimum absolute atomic E-state index is 0.0191. The Balaban J connectivity index is 1.69. The van der Waals surface area contributed by atoms with E-state index in [1.165, 1.54) is 4.90 Å². The summed E-state index contributed by atoms with van der Waals surface area (Å²) < 4.78 is 7.36. The second-order valence-corrected chi connectivity index (χ2v) is 6.23. The van der Waals surface area contributed by atoms with Crippen molar-refractivity contribution in [3.05, 3.63) is 60.3 Å². The molecule has 0 fully saturated rings. The number of carbonyl (C=O) groups excluding carboxylic acids is 2. The van der Waals surface area contributed by atoms with Crippen LogP contribution in [0, 0.1) is 0 Å². The summed E-state index contributed by atoms with van der Waals surface area (Å²) in [7, 11) is 5.27. The Bertz CT molecular complexity index is 943. The van der Waals surface area contributed by atoms with Crippen LogP contribution in [-0.2, 0) is 11.8 Å². The lowest BCUT2D eigenvalue weighted by atomic mass is 10.1. The summed E-state index contributed by atoms with van der Waals surface area (Å²) in [6.45, 7) is -0.0191. The Labute approximate surface area is 152 Å². The van der Waals surface area contributed by atoms with E-state index in [0.29, 0.717) is 17.0 Å². The monoisotopic (exact) mass is 351 g/mol. The molecule has 1 heterocycles. The van der Waals surface area contributed by atoms with Crippen LogP contribution in [0.25, 0.3) is 10.9 Å². The molecule has 0 aliphatic heterocycles. The van der Waals surface area contributed by atoms with Crippen molar-refractivity contribution in [2.24, 2.45) is 7.05 Å². The fourth-order valence-electron chi connectivity index (χ4n) is 2.63. The van der Waals surface area contributed by atoms with Crippen LogP contribution in [0.4, 0.5) is 5.69 Å². The van der Waals surface area contributed by atoms with E-state index >= 15 is 0 Å². The van der Waals surface area contributed by atoms with Crippen LogP contribution < -0.4 is 10.1 Å². The van der Waals surface area contributed by atoms with Crippen LogP contribution in [0.2, 0.25) is 0 Å². The topological polar surface area (TPSA) is 63.6 Å². The maximum Gasteiger partial charge on any atom is 0.259 e. The predicted octanol–water partition coefficient (Wildman–Crippen LogP) is 2.90. The van der Waals surface area contributed by atoms with E-state index in [-0.39, 0.29) is 18.4 Å². The van der Waals surface area contributed by atoms with Gasteiger partial charge in [0.15, 0.2) is 6.61 Å². The van der Waals surface area contributed by atoms with Gasteiger partial charge < -0.3 is 19.5 Å². The second kappa shape index (κ2) is 7.31. The number of carbonyl (C=O) groups is 2. The van der Waals surface area contributed by atoms with Crippen LogP contribution in [0.3, 0.4) is 0 Å². The van der Waals surface area contributed by atoms with E-state index in [1.807, 2.05) is 42.1 Å². The molecule has 3 aromatic rings. The van der Waals surface area contributed by atoms with Crippen molar-refractivity contribution in [1.82, 2.24) is 9.47 Å². The molecule has 134 valence electrons. The van der Waals surface area contributed by atoms with E-state index in [9.17, 15) is 9.59 Å². The highest BCUT2D eigenvalue weighted by atomic mass is 16.5. The fourth-order valence-corrected chi connectivity index (χ4v) is 2.63. The van der Waals surface area contributed by atoms with E-state index in [0.717, 1.165) is 10.9 Å². The normalized spacial score (nSPS) is 10.6. The number of nitrogens with one attached hydrogen (secondary N) is 1. The first-order valence-electron chi connectivity index (χ1n) is 8.24. The number of likely N-dealkylation sites (N-methyl/N-ethyl adjacent to an activating group) is 1. The van der Waals surface area contributed by atoms with Gasteiger partial charge in [-0.15, -0.1) is 0 Å². The fraction of sp³-hybridized carbons (Fsp3) is 0.200. The van der Waals surface area contributed by atoms with Gasteiger partial charge in [-0.2, -0.15) is 0 Å². The van der Waals surface area contributed by atoms with Crippen molar-refractivity contribution < 1.29 is 14.3 Å². The molecule has 0 saturated carbocycles. The number of benzene rings is 2. The number of aromatic nitrogens is 1. The molecule has 0 bridgehead atoms. The van der Waals surface area contributed by atoms with Crippen molar-refractivity contribution in [1.29, 1.82) is 0 Å². The number of aryl methyl sites for hydroxylation is 1. The molecule has 0 unspecified atom stereocenters. The summed E-state index contributed by atoms with van der Waals surface area (Å²) in [5.74, 6) is 0.292. The maximum absolute atomic E-state index is 12.6. The minimum Gasteiger partial charge on any atom is -0.484 e. The average molecular weight is 351 g/mol. The van der Waals surface area contributed by atoms with Crippen molar-refractivity contribution in [2.45, 2.75) is 0 Å². The first-order chi connectivity index (χ1) is 12.5. The molecule has 0 saturated heterocycles. The Morgan fingerprint density at radius 1 is 1.08 bits per heavy atom. The highest BCUT2D eigenvalue weighted by molar-refractivity contribution is 6.12. The molecule has 0 spiro atoms. The van der Waals surface area contributed by atoms with Gasteiger partial charge >= 0.3 is 0 Å². The molecule has 1 aromatic heterocycles. The molecule has 0 atom stereocenters. The van der Waals surface area contributed by atoms with Gasteiger partial charge in [-0.05, 0) is 30.3 Å². The third-order valence-electron chi connectivity index (χ3n) is 4.11. The molecule has 0 radical (unpaired) electrons. The van der Waals surface area contributed by atoms with Crippen LogP contribution in [-0.4, -0.2) is 42.0 Å². The van der Waals surface area contributed by atoms with Gasteiger partial charge in [0.2, 0.25) is 0 Å². The molecular weight excluding hydrogens is 330 g/mol. The number of amides is 2. The van der Waals surface area contributed by atoms with Gasteiger partial charge in [0.1, 0.15) is 5.75 Å². The Morgan fingerprint density at radius 3 is 2.46 bits per heavy atom. The summed E-state index contributed by atoms with van der Waals surface area (Å²) in [5, 5.41) is 3.80. The number of hydrogen-bond acceptors (Lipinski definition) is 3. The number of hydrogen-bond donors (Lipinski definition) is 1. The zero-order valence-electron chi connectivity index (χ0n) is 15.0. The number of nitrogens with zero attached hydrogens (tertiary/aromatic N) is 2. The third-order valence-corrected chi connectivity index (χ3v) is 4.11. The SMILES string of the molecule is CN(C)C(=O)COc1ccc(NC(=O)c2cn(C)c3ccccc23)cc1. The first-order valence-corrected chi connectivity index (χ1v) is 8.24. The number of fused-ring (bicyclic) bond motifs is 1. The number of rotatable bonds is 5. The lowest BCUT2D eigenvalue weighted by Gasteiger charge is -2.11. The lowest BCUT2D eigenvalue weighted by molar-refractivity contribution is -0.130.